The number of aryl methyl sites for hydroxylation is 1. The fourth-order valence-electron chi connectivity index (χ4n) is 5.45. The molecule has 0 fully saturated rings. The van der Waals surface area contributed by atoms with Crippen molar-refractivity contribution >= 4 is 11.8 Å². The minimum Gasteiger partial charge on any atom is -0.489 e. The minimum absolute atomic E-state index is 0.0681. The van der Waals surface area contributed by atoms with E-state index in [2.05, 4.69) is 77.5 Å². The van der Waals surface area contributed by atoms with Gasteiger partial charge < -0.3 is 14.2 Å². The lowest BCUT2D eigenvalue weighted by Gasteiger charge is -2.35. The summed E-state index contributed by atoms with van der Waals surface area (Å²) in [4.78, 5) is 23.4. The lowest BCUT2D eigenvalue weighted by atomic mass is 9.69. The van der Waals surface area contributed by atoms with Crippen molar-refractivity contribution in [1.82, 2.24) is 0 Å². The maximum atomic E-state index is 12.1. The van der Waals surface area contributed by atoms with E-state index < -0.39 is 5.97 Å². The van der Waals surface area contributed by atoms with Gasteiger partial charge in [0, 0.05) is 12.3 Å². The quantitative estimate of drug-likeness (QED) is 0.193. The predicted octanol–water partition coefficient (Wildman–Crippen LogP) is 7.03. The van der Waals surface area contributed by atoms with Gasteiger partial charge in [0.2, 0.25) is 0 Å². The normalized spacial score (nSPS) is 16.0. The lowest BCUT2D eigenvalue weighted by Crippen LogP contribution is -2.20. The number of fused-ring (bicyclic) bond motifs is 1. The molecule has 5 rings (SSSR count). The molecule has 0 aliphatic heterocycles. The number of rotatable bonds is 11. The standard InChI is InChI=1S/C35H34O5/c1-38-34(37)21-15-29(36)24-40-30-16-12-27(13-17-30)35-32(26-10-6-3-7-11-26)19-14-28-22-31(18-20-33(28)35)39-23-25-8-4-2-5-9-25/h2-13,16-18,20,22,32,35H,14-15,19,21,23-24H2,1H3/t32-,35?/m1/s1. The van der Waals surface area contributed by atoms with Gasteiger partial charge in [-0.15, -0.1) is 0 Å². The van der Waals surface area contributed by atoms with E-state index in [0.717, 1.165) is 24.2 Å². The molecule has 2 atom stereocenters. The molecule has 1 unspecified atom stereocenters. The molecule has 0 heterocycles. The molecule has 4 aromatic rings. The van der Waals surface area contributed by atoms with Crippen LogP contribution >= 0.6 is 0 Å². The monoisotopic (exact) mass is 534 g/mol. The SMILES string of the molecule is COC(=O)CCC(=O)COc1ccc(C2c3ccc(OCc4ccccc4)cc3CC[C@@H]2c2ccccc2)cc1. The lowest BCUT2D eigenvalue weighted by molar-refractivity contribution is -0.142. The number of methoxy groups -OCH3 is 1. The molecule has 0 aromatic heterocycles. The van der Waals surface area contributed by atoms with Gasteiger partial charge >= 0.3 is 5.97 Å². The van der Waals surface area contributed by atoms with Gasteiger partial charge in [-0.3, -0.25) is 9.59 Å². The van der Waals surface area contributed by atoms with Crippen molar-refractivity contribution in [2.75, 3.05) is 13.7 Å². The number of ketones is 1. The highest BCUT2D eigenvalue weighted by molar-refractivity contribution is 5.84. The van der Waals surface area contributed by atoms with E-state index in [1.54, 1.807) is 0 Å². The highest BCUT2D eigenvalue weighted by Crippen LogP contribution is 2.47. The molecular weight excluding hydrogens is 500 g/mol. The van der Waals surface area contributed by atoms with E-state index >= 15 is 0 Å². The third-order valence-corrected chi connectivity index (χ3v) is 7.53. The number of hydrogen-bond donors (Lipinski definition) is 0. The maximum absolute atomic E-state index is 12.1. The number of esters is 1. The zero-order valence-electron chi connectivity index (χ0n) is 22.8. The Hall–Kier alpha value is -4.38. The molecule has 0 saturated heterocycles. The van der Waals surface area contributed by atoms with Gasteiger partial charge in [0.15, 0.2) is 5.78 Å². The van der Waals surface area contributed by atoms with Crippen LogP contribution < -0.4 is 9.47 Å². The smallest absolute Gasteiger partial charge is 0.305 e. The Bertz CT molecular complexity index is 1410. The van der Waals surface area contributed by atoms with E-state index in [0.29, 0.717) is 18.3 Å². The molecule has 5 heteroatoms. The number of Topliss-reactive ketones (excluding diaryl/α,β-unsaturated/α-hetero) is 1. The second-order valence-corrected chi connectivity index (χ2v) is 10.1. The van der Waals surface area contributed by atoms with Crippen LogP contribution in [0.3, 0.4) is 0 Å². The third-order valence-electron chi connectivity index (χ3n) is 7.53. The first kappa shape index (κ1) is 27.2. The largest absolute Gasteiger partial charge is 0.489 e. The number of benzene rings is 4. The van der Waals surface area contributed by atoms with Crippen LogP contribution in [0.15, 0.2) is 103 Å². The number of hydrogen-bond acceptors (Lipinski definition) is 5. The first-order valence-corrected chi connectivity index (χ1v) is 13.8. The van der Waals surface area contributed by atoms with Gasteiger partial charge in [-0.2, -0.15) is 0 Å². The Kier molecular flexibility index (Phi) is 8.92. The first-order chi connectivity index (χ1) is 19.6. The summed E-state index contributed by atoms with van der Waals surface area (Å²) < 4.78 is 16.5. The van der Waals surface area contributed by atoms with Gasteiger partial charge in [-0.25, -0.2) is 0 Å². The Labute approximate surface area is 235 Å². The van der Waals surface area contributed by atoms with E-state index in [9.17, 15) is 9.59 Å². The molecule has 204 valence electrons. The van der Waals surface area contributed by atoms with Crippen LogP contribution in [0.2, 0.25) is 0 Å². The van der Waals surface area contributed by atoms with E-state index in [1.807, 2.05) is 30.3 Å². The van der Waals surface area contributed by atoms with Crippen LogP contribution in [0.25, 0.3) is 0 Å². The summed E-state index contributed by atoms with van der Waals surface area (Å²) >= 11 is 0. The summed E-state index contributed by atoms with van der Waals surface area (Å²) in [6.07, 6.45) is 2.21. The van der Waals surface area contributed by atoms with Gasteiger partial charge in [0.25, 0.3) is 0 Å². The van der Waals surface area contributed by atoms with Crippen molar-refractivity contribution < 1.29 is 23.8 Å². The van der Waals surface area contributed by atoms with Gasteiger partial charge in [-0.1, -0.05) is 78.9 Å². The number of ether oxygens (including phenoxy) is 3. The fourth-order valence-corrected chi connectivity index (χ4v) is 5.45. The van der Waals surface area contributed by atoms with Crippen molar-refractivity contribution in [2.45, 2.75) is 44.1 Å². The molecule has 0 N–H and O–H groups in total. The highest BCUT2D eigenvalue weighted by atomic mass is 16.5. The summed E-state index contributed by atoms with van der Waals surface area (Å²) in [5.41, 5.74) is 6.32. The topological polar surface area (TPSA) is 61.8 Å². The number of carbonyl (C=O) groups excluding carboxylic acids is 2. The Morgan fingerprint density at radius 3 is 2.17 bits per heavy atom. The van der Waals surface area contributed by atoms with Gasteiger partial charge in [-0.05, 0) is 70.8 Å². The molecule has 4 aromatic carbocycles. The highest BCUT2D eigenvalue weighted by Gasteiger charge is 2.32. The Balaban J connectivity index is 1.34. The summed E-state index contributed by atoms with van der Waals surface area (Å²) in [6.45, 7) is 0.476. The maximum Gasteiger partial charge on any atom is 0.305 e. The summed E-state index contributed by atoms with van der Waals surface area (Å²) in [5, 5.41) is 0. The van der Waals surface area contributed by atoms with Crippen molar-refractivity contribution in [3.05, 3.63) is 131 Å². The molecule has 1 aliphatic rings. The van der Waals surface area contributed by atoms with Crippen LogP contribution in [0.5, 0.6) is 11.5 Å². The van der Waals surface area contributed by atoms with Crippen LogP contribution in [0, 0.1) is 0 Å². The summed E-state index contributed by atoms with van der Waals surface area (Å²) in [7, 11) is 1.32. The molecular formula is C35H34O5. The molecule has 0 bridgehead atoms. The molecule has 1 aliphatic carbocycles. The van der Waals surface area contributed by atoms with Crippen LogP contribution in [0.4, 0.5) is 0 Å². The first-order valence-electron chi connectivity index (χ1n) is 13.8. The zero-order chi connectivity index (χ0) is 27.7. The van der Waals surface area contributed by atoms with E-state index in [-0.39, 0.29) is 31.1 Å². The minimum atomic E-state index is -0.395. The van der Waals surface area contributed by atoms with Crippen molar-refractivity contribution in [1.29, 1.82) is 0 Å². The molecule has 0 radical (unpaired) electrons. The van der Waals surface area contributed by atoms with Crippen molar-refractivity contribution in [2.24, 2.45) is 0 Å². The molecule has 5 nitrogen and oxygen atoms in total. The third kappa shape index (κ3) is 6.78. The predicted molar refractivity (Wildman–Crippen MR) is 155 cm³/mol. The van der Waals surface area contributed by atoms with E-state index in [4.69, 9.17) is 9.47 Å². The average Bonchev–Trinajstić information content (AvgIpc) is 3.02. The van der Waals surface area contributed by atoms with E-state index in [1.165, 1.54) is 29.4 Å². The fraction of sp³-hybridized carbons (Fsp3) is 0.257. The summed E-state index contributed by atoms with van der Waals surface area (Å²) in [5.74, 6) is 1.52. The number of carbonyl (C=O) groups is 2. The van der Waals surface area contributed by atoms with Crippen LogP contribution in [0.1, 0.15) is 58.9 Å². The molecule has 0 saturated carbocycles. The second-order valence-electron chi connectivity index (χ2n) is 10.1. The van der Waals surface area contributed by atoms with Crippen molar-refractivity contribution in [3.63, 3.8) is 0 Å². The molecule has 40 heavy (non-hydrogen) atoms. The average molecular weight is 535 g/mol. The van der Waals surface area contributed by atoms with Crippen LogP contribution in [-0.4, -0.2) is 25.5 Å². The van der Waals surface area contributed by atoms with Gasteiger partial charge in [0.05, 0.1) is 13.5 Å². The Morgan fingerprint density at radius 1 is 0.750 bits per heavy atom. The Morgan fingerprint density at radius 2 is 1.45 bits per heavy atom. The zero-order valence-corrected chi connectivity index (χ0v) is 22.8. The van der Waals surface area contributed by atoms with Crippen LogP contribution in [-0.2, 0) is 27.4 Å². The second kappa shape index (κ2) is 13.1. The van der Waals surface area contributed by atoms with Crippen molar-refractivity contribution in [3.8, 4) is 11.5 Å². The molecule has 0 spiro atoms. The van der Waals surface area contributed by atoms with Gasteiger partial charge in [0.1, 0.15) is 24.7 Å². The summed E-state index contributed by atoms with van der Waals surface area (Å²) in [6, 6.07) is 35.5. The molecule has 0 amide bonds.